The van der Waals surface area contributed by atoms with Gasteiger partial charge in [-0.3, -0.25) is 0 Å². The van der Waals surface area contributed by atoms with E-state index in [0.29, 0.717) is 0 Å². The number of hydrogen-bond acceptors (Lipinski definition) is 2. The van der Waals surface area contributed by atoms with Gasteiger partial charge < -0.3 is 0 Å². The average molecular weight is 498 g/mol. The van der Waals surface area contributed by atoms with E-state index in [4.69, 9.17) is 4.98 Å². The quantitative estimate of drug-likeness (QED) is 0.226. The molecule has 0 aliphatic carbocycles. The van der Waals surface area contributed by atoms with Crippen LogP contribution in [0, 0.1) is 0 Å². The van der Waals surface area contributed by atoms with Gasteiger partial charge in [-0.25, -0.2) is 0 Å². The van der Waals surface area contributed by atoms with E-state index in [1.54, 1.807) is 0 Å². The van der Waals surface area contributed by atoms with Gasteiger partial charge in [0, 0.05) is 0 Å². The third-order valence-corrected chi connectivity index (χ3v) is 10.4. The number of nitrogens with zero attached hydrogens (tertiary/aromatic N) is 1. The van der Waals surface area contributed by atoms with Gasteiger partial charge in [0.15, 0.2) is 0 Å². The Hall–Kier alpha value is -2.17. The van der Waals surface area contributed by atoms with Gasteiger partial charge in [-0.2, -0.15) is 0 Å². The van der Waals surface area contributed by atoms with Crippen LogP contribution in [0.2, 0.25) is 17.3 Å². The number of benzene rings is 3. The molecule has 0 radical (unpaired) electrons. The molecule has 32 heavy (non-hydrogen) atoms. The summed E-state index contributed by atoms with van der Waals surface area (Å²) in [6.45, 7) is 6.90. The van der Waals surface area contributed by atoms with Gasteiger partial charge >= 0.3 is 192 Å². The van der Waals surface area contributed by atoms with Crippen molar-refractivity contribution in [2.45, 2.75) is 48.7 Å². The topological polar surface area (TPSA) is 12.9 Å². The van der Waals surface area contributed by atoms with Crippen LogP contribution < -0.4 is 0 Å². The van der Waals surface area contributed by atoms with E-state index in [1.165, 1.54) is 52.9 Å². The monoisotopic (exact) mass is 499 g/mol. The molecule has 0 atom stereocenters. The SMILES string of the molecule is CC(C)(C)c1cc(-c2nccc3c2sc2cc([CH2][Ge]([CH3])([CH3])[CH3])ccc23)cc2ccccc12. The summed E-state index contributed by atoms with van der Waals surface area (Å²) in [6, 6.07) is 22.7. The first kappa shape index (κ1) is 21.7. The van der Waals surface area contributed by atoms with Gasteiger partial charge in [0.2, 0.25) is 0 Å². The Morgan fingerprint density at radius 1 is 0.844 bits per heavy atom. The van der Waals surface area contributed by atoms with Crippen molar-refractivity contribution in [3.63, 3.8) is 0 Å². The first-order valence-electron chi connectivity index (χ1n) is 11.4. The molecule has 1 nitrogen and oxygen atoms in total. The molecule has 0 saturated carbocycles. The van der Waals surface area contributed by atoms with Gasteiger partial charge in [-0.15, -0.1) is 0 Å². The van der Waals surface area contributed by atoms with Crippen LogP contribution in [-0.4, -0.2) is 18.3 Å². The summed E-state index contributed by atoms with van der Waals surface area (Å²) in [5.41, 5.74) is 5.26. The van der Waals surface area contributed by atoms with Crippen LogP contribution in [0.3, 0.4) is 0 Å². The van der Waals surface area contributed by atoms with E-state index in [0.717, 1.165) is 5.69 Å². The maximum absolute atomic E-state index is 4.90. The van der Waals surface area contributed by atoms with Crippen molar-refractivity contribution in [2.24, 2.45) is 0 Å². The predicted octanol–water partition coefficient (Wildman–Crippen LogP) is 8.99. The van der Waals surface area contributed by atoms with Crippen molar-refractivity contribution >= 4 is 55.5 Å². The maximum atomic E-state index is 4.90. The molecule has 0 spiro atoms. The van der Waals surface area contributed by atoms with Gasteiger partial charge in [0.05, 0.1) is 0 Å². The van der Waals surface area contributed by atoms with Gasteiger partial charge in [0.1, 0.15) is 0 Å². The number of thiophene rings is 1. The van der Waals surface area contributed by atoms with E-state index in [-0.39, 0.29) is 5.41 Å². The van der Waals surface area contributed by atoms with E-state index in [1.807, 2.05) is 17.5 Å². The molecule has 0 unspecified atom stereocenters. The summed E-state index contributed by atoms with van der Waals surface area (Å²) in [5, 5.41) is 6.58. The van der Waals surface area contributed by atoms with Crippen molar-refractivity contribution < 1.29 is 0 Å². The normalized spacial score (nSPS) is 12.8. The summed E-state index contributed by atoms with van der Waals surface area (Å²) in [7, 11) is 0. The molecule has 5 aromatic rings. The van der Waals surface area contributed by atoms with Gasteiger partial charge in [-0.1, -0.05) is 6.07 Å². The van der Waals surface area contributed by atoms with Crippen molar-refractivity contribution in [3.05, 3.63) is 78.0 Å². The summed E-state index contributed by atoms with van der Waals surface area (Å²) < 4.78 is 2.68. The number of aromatic nitrogens is 1. The molecule has 0 amide bonds. The first-order valence-corrected chi connectivity index (χ1v) is 20.0. The van der Waals surface area contributed by atoms with Crippen LogP contribution >= 0.6 is 11.3 Å². The zero-order valence-electron chi connectivity index (χ0n) is 19.9. The van der Waals surface area contributed by atoms with Crippen LogP contribution in [0.1, 0.15) is 31.9 Å². The van der Waals surface area contributed by atoms with E-state index in [9.17, 15) is 0 Å². The molecule has 162 valence electrons. The Bertz CT molecular complexity index is 1460. The summed E-state index contributed by atoms with van der Waals surface area (Å²) in [6.07, 6.45) is 1.98. The third kappa shape index (κ3) is 3.99. The second-order valence-corrected chi connectivity index (χ2v) is 23.7. The Labute approximate surface area is 197 Å². The Balaban J connectivity index is 1.74. The third-order valence-electron chi connectivity index (χ3n) is 6.13. The molecule has 2 heterocycles. The van der Waals surface area contributed by atoms with Crippen molar-refractivity contribution in [1.82, 2.24) is 4.98 Å². The van der Waals surface area contributed by atoms with Crippen LogP contribution in [0.15, 0.2) is 66.9 Å². The van der Waals surface area contributed by atoms with Crippen molar-refractivity contribution in [1.29, 1.82) is 0 Å². The minimum atomic E-state index is -1.65. The first-order chi connectivity index (χ1) is 15.1. The molecule has 0 aliphatic heterocycles. The van der Waals surface area contributed by atoms with E-state index in [2.05, 4.69) is 98.7 Å². The molecule has 2 aromatic heterocycles. The fourth-order valence-electron chi connectivity index (χ4n) is 4.74. The molecule has 3 aromatic carbocycles. The molecule has 0 bridgehead atoms. The van der Waals surface area contributed by atoms with Crippen LogP contribution in [-0.2, 0) is 10.7 Å². The number of hydrogen-bond donors (Lipinski definition) is 0. The number of rotatable bonds is 3. The molecule has 5 rings (SSSR count). The van der Waals surface area contributed by atoms with Crippen LogP contribution in [0.5, 0.6) is 0 Å². The second-order valence-electron chi connectivity index (χ2n) is 11.2. The molecule has 0 aliphatic rings. The average Bonchev–Trinajstić information content (AvgIpc) is 3.08. The van der Waals surface area contributed by atoms with Gasteiger partial charge in [0.25, 0.3) is 0 Å². The fourth-order valence-corrected chi connectivity index (χ4v) is 9.05. The molecule has 0 fully saturated rings. The predicted molar refractivity (Wildman–Crippen MR) is 146 cm³/mol. The van der Waals surface area contributed by atoms with Crippen LogP contribution in [0.25, 0.3) is 42.2 Å². The zero-order valence-corrected chi connectivity index (χ0v) is 22.8. The molecular formula is C29H31GeNS. The summed E-state index contributed by atoms with van der Waals surface area (Å²) >= 11 is 0.254. The molecule has 0 N–H and O–H groups in total. The van der Waals surface area contributed by atoms with Gasteiger partial charge in [-0.05, 0) is 0 Å². The zero-order chi connectivity index (χ0) is 22.7. The van der Waals surface area contributed by atoms with Crippen LogP contribution in [0.4, 0.5) is 0 Å². The number of pyridine rings is 1. The molecule has 3 heteroatoms. The minimum absolute atomic E-state index is 0.0662. The summed E-state index contributed by atoms with van der Waals surface area (Å²) in [4.78, 5) is 4.90. The summed E-state index contributed by atoms with van der Waals surface area (Å²) in [5.74, 6) is 7.47. The van der Waals surface area contributed by atoms with Crippen molar-refractivity contribution in [2.75, 3.05) is 0 Å². The Morgan fingerprint density at radius 2 is 1.62 bits per heavy atom. The van der Waals surface area contributed by atoms with Crippen molar-refractivity contribution in [3.8, 4) is 11.3 Å². The number of fused-ring (bicyclic) bond motifs is 4. The fraction of sp³-hybridized carbons (Fsp3) is 0.276. The Kier molecular flexibility index (Phi) is 5.22. The molecular weight excluding hydrogens is 467 g/mol. The van der Waals surface area contributed by atoms with E-state index >= 15 is 0 Å². The molecule has 0 saturated heterocycles. The Morgan fingerprint density at radius 3 is 2.38 bits per heavy atom. The van der Waals surface area contributed by atoms with E-state index < -0.39 is 13.3 Å². The second kappa shape index (κ2) is 7.71. The standard InChI is InChI=1S/C29H31GeNS/c1-29(2,3)25-17-21(16-20-9-7-8-10-22(20)25)27-28-24(13-14-31-27)23-12-11-19(15-26(23)32-28)18-30(4,5)6/h7-17H,18H2,1-6H3.